The first-order valence-electron chi connectivity index (χ1n) is 7.45. The van der Waals surface area contributed by atoms with E-state index < -0.39 is 10.0 Å². The van der Waals surface area contributed by atoms with Crippen molar-refractivity contribution in [2.45, 2.75) is 49.9 Å². The maximum absolute atomic E-state index is 12.8. The van der Waals surface area contributed by atoms with Gasteiger partial charge in [-0.25, -0.2) is 8.42 Å². The predicted octanol–water partition coefficient (Wildman–Crippen LogP) is 0.664. The topological polar surface area (TPSA) is 49.9 Å². The van der Waals surface area contributed by atoms with Crippen LogP contribution in [-0.2, 0) is 14.8 Å². The molecule has 3 aliphatic heterocycles. The molecule has 0 saturated carbocycles. The number of piperazine rings is 1. The molecule has 0 amide bonds. The number of sulfonamides is 1. The number of rotatable bonds is 3. The highest BCUT2D eigenvalue weighted by Crippen LogP contribution is 2.30. The van der Waals surface area contributed by atoms with Gasteiger partial charge in [0.2, 0.25) is 10.0 Å². The van der Waals surface area contributed by atoms with E-state index in [-0.39, 0.29) is 11.3 Å². The molecule has 0 bridgehead atoms. The standard InChI is InChI=1S/C13H24N2O3S/c1-2-11-8-14-6-3-4-12(14)9-15(11)19(16,17)13-5-7-18-10-13/h11-13H,2-10H2,1H3/t11-,12-,13+/m1/s1. The van der Waals surface area contributed by atoms with Gasteiger partial charge in [0.15, 0.2) is 0 Å². The molecule has 3 heterocycles. The molecule has 0 radical (unpaired) electrons. The summed E-state index contributed by atoms with van der Waals surface area (Å²) in [5.41, 5.74) is 0. The molecule has 0 N–H and O–H groups in total. The summed E-state index contributed by atoms with van der Waals surface area (Å²) < 4.78 is 32.6. The van der Waals surface area contributed by atoms with E-state index in [1.165, 1.54) is 6.42 Å². The maximum Gasteiger partial charge on any atom is 0.219 e. The summed E-state index contributed by atoms with van der Waals surface area (Å²) in [5, 5.41) is -0.311. The van der Waals surface area contributed by atoms with E-state index in [9.17, 15) is 8.42 Å². The largest absolute Gasteiger partial charge is 0.380 e. The van der Waals surface area contributed by atoms with Crippen molar-refractivity contribution in [3.8, 4) is 0 Å². The molecule has 3 fully saturated rings. The van der Waals surface area contributed by atoms with Crippen LogP contribution in [0.5, 0.6) is 0 Å². The summed E-state index contributed by atoms with van der Waals surface area (Å²) in [6, 6.07) is 0.597. The van der Waals surface area contributed by atoms with Crippen LogP contribution in [-0.4, -0.2) is 67.8 Å². The van der Waals surface area contributed by atoms with Gasteiger partial charge in [0.05, 0.1) is 6.61 Å². The zero-order chi connectivity index (χ0) is 13.5. The number of ether oxygens (including phenoxy) is 1. The Morgan fingerprint density at radius 2 is 2.11 bits per heavy atom. The average Bonchev–Trinajstić information content (AvgIpc) is 3.07. The third-order valence-corrected chi connectivity index (χ3v) is 7.16. The van der Waals surface area contributed by atoms with Crippen LogP contribution in [0.15, 0.2) is 0 Å². The summed E-state index contributed by atoms with van der Waals surface area (Å²) in [6.45, 7) is 5.80. The van der Waals surface area contributed by atoms with Crippen LogP contribution in [0.4, 0.5) is 0 Å². The molecule has 3 saturated heterocycles. The predicted molar refractivity (Wildman–Crippen MR) is 73.5 cm³/mol. The van der Waals surface area contributed by atoms with Gasteiger partial charge in [-0.2, -0.15) is 4.31 Å². The molecule has 19 heavy (non-hydrogen) atoms. The molecular formula is C13H24N2O3S. The Morgan fingerprint density at radius 3 is 2.79 bits per heavy atom. The minimum Gasteiger partial charge on any atom is -0.380 e. The molecule has 0 aliphatic carbocycles. The first-order valence-corrected chi connectivity index (χ1v) is 8.95. The molecule has 5 nitrogen and oxygen atoms in total. The van der Waals surface area contributed by atoms with Crippen molar-refractivity contribution in [2.75, 3.05) is 32.8 Å². The molecule has 0 spiro atoms. The molecular weight excluding hydrogens is 264 g/mol. The zero-order valence-electron chi connectivity index (χ0n) is 11.6. The van der Waals surface area contributed by atoms with Gasteiger partial charge in [-0.3, -0.25) is 4.90 Å². The first kappa shape index (κ1) is 13.8. The van der Waals surface area contributed by atoms with Crippen LogP contribution in [0.3, 0.4) is 0 Å². The lowest BCUT2D eigenvalue weighted by molar-refractivity contribution is 0.105. The number of nitrogens with zero attached hydrogens (tertiary/aromatic N) is 2. The summed E-state index contributed by atoms with van der Waals surface area (Å²) in [4.78, 5) is 2.48. The van der Waals surface area contributed by atoms with Gasteiger partial charge >= 0.3 is 0 Å². The van der Waals surface area contributed by atoms with Crippen molar-refractivity contribution < 1.29 is 13.2 Å². The summed E-state index contributed by atoms with van der Waals surface area (Å²) >= 11 is 0. The summed E-state index contributed by atoms with van der Waals surface area (Å²) in [6.07, 6.45) is 3.91. The lowest BCUT2D eigenvalue weighted by Gasteiger charge is -2.43. The van der Waals surface area contributed by atoms with Crippen molar-refractivity contribution in [2.24, 2.45) is 0 Å². The normalized spacial score (nSPS) is 37.6. The molecule has 0 aromatic rings. The number of hydrogen-bond acceptors (Lipinski definition) is 4. The molecule has 6 heteroatoms. The van der Waals surface area contributed by atoms with Gasteiger partial charge in [0, 0.05) is 31.8 Å². The monoisotopic (exact) mass is 288 g/mol. The Hall–Kier alpha value is -0.170. The third-order valence-electron chi connectivity index (χ3n) is 4.85. The van der Waals surface area contributed by atoms with Crippen molar-refractivity contribution in [1.29, 1.82) is 0 Å². The van der Waals surface area contributed by atoms with Gasteiger partial charge in [0.25, 0.3) is 0 Å². The van der Waals surface area contributed by atoms with Crippen LogP contribution >= 0.6 is 0 Å². The highest BCUT2D eigenvalue weighted by molar-refractivity contribution is 7.89. The lowest BCUT2D eigenvalue weighted by atomic mass is 10.1. The van der Waals surface area contributed by atoms with Crippen LogP contribution < -0.4 is 0 Å². The Bertz CT molecular complexity index is 420. The van der Waals surface area contributed by atoms with Crippen molar-refractivity contribution in [3.63, 3.8) is 0 Å². The van der Waals surface area contributed by atoms with Gasteiger partial charge < -0.3 is 4.74 Å². The third kappa shape index (κ3) is 2.44. The Morgan fingerprint density at radius 1 is 1.26 bits per heavy atom. The second-order valence-electron chi connectivity index (χ2n) is 5.95. The van der Waals surface area contributed by atoms with Crippen molar-refractivity contribution >= 4 is 10.0 Å². The van der Waals surface area contributed by atoms with E-state index in [2.05, 4.69) is 11.8 Å². The maximum atomic E-state index is 12.8. The van der Waals surface area contributed by atoms with Crippen molar-refractivity contribution in [3.05, 3.63) is 0 Å². The second-order valence-corrected chi connectivity index (χ2v) is 8.12. The minimum atomic E-state index is -3.18. The van der Waals surface area contributed by atoms with E-state index in [0.717, 1.165) is 25.9 Å². The highest BCUT2D eigenvalue weighted by atomic mass is 32.2. The molecule has 3 aliphatic rings. The van der Waals surface area contributed by atoms with E-state index in [0.29, 0.717) is 32.2 Å². The number of fused-ring (bicyclic) bond motifs is 1. The highest BCUT2D eigenvalue weighted by Gasteiger charge is 2.44. The Labute approximate surface area is 115 Å². The quantitative estimate of drug-likeness (QED) is 0.766. The molecule has 0 unspecified atom stereocenters. The minimum absolute atomic E-state index is 0.153. The van der Waals surface area contributed by atoms with Gasteiger partial charge in [-0.05, 0) is 32.2 Å². The van der Waals surface area contributed by atoms with Gasteiger partial charge in [-0.15, -0.1) is 0 Å². The van der Waals surface area contributed by atoms with Crippen LogP contribution in [0, 0.1) is 0 Å². The van der Waals surface area contributed by atoms with Gasteiger partial charge in [-0.1, -0.05) is 6.92 Å². The zero-order valence-corrected chi connectivity index (χ0v) is 12.4. The van der Waals surface area contributed by atoms with Crippen LogP contribution in [0.25, 0.3) is 0 Å². The molecule has 110 valence electrons. The Kier molecular flexibility index (Phi) is 3.86. The molecule has 3 rings (SSSR count). The summed E-state index contributed by atoms with van der Waals surface area (Å²) in [5.74, 6) is 0. The van der Waals surface area contributed by atoms with Crippen LogP contribution in [0.2, 0.25) is 0 Å². The van der Waals surface area contributed by atoms with E-state index >= 15 is 0 Å². The Balaban J connectivity index is 1.80. The second kappa shape index (κ2) is 5.31. The SMILES string of the molecule is CC[C@@H]1CN2CCC[C@@H]2CN1S(=O)(=O)[C@H]1CCOC1. The number of hydrogen-bond donors (Lipinski definition) is 0. The first-order chi connectivity index (χ1) is 9.13. The fraction of sp³-hybridized carbons (Fsp3) is 1.00. The van der Waals surface area contributed by atoms with Crippen molar-refractivity contribution in [1.82, 2.24) is 9.21 Å². The molecule has 0 aromatic heterocycles. The van der Waals surface area contributed by atoms with E-state index in [4.69, 9.17) is 4.74 Å². The molecule has 3 atom stereocenters. The fourth-order valence-corrected chi connectivity index (χ4v) is 5.70. The molecule has 0 aromatic carbocycles. The fourth-order valence-electron chi connectivity index (χ4n) is 3.64. The average molecular weight is 288 g/mol. The lowest BCUT2D eigenvalue weighted by Crippen LogP contribution is -2.59. The van der Waals surface area contributed by atoms with Crippen LogP contribution in [0.1, 0.15) is 32.6 Å². The smallest absolute Gasteiger partial charge is 0.219 e. The van der Waals surface area contributed by atoms with Gasteiger partial charge in [0.1, 0.15) is 5.25 Å². The summed E-state index contributed by atoms with van der Waals surface area (Å²) in [7, 11) is -3.18. The van der Waals surface area contributed by atoms with E-state index in [1.807, 2.05) is 0 Å². The van der Waals surface area contributed by atoms with E-state index in [1.54, 1.807) is 4.31 Å².